The summed E-state index contributed by atoms with van der Waals surface area (Å²) in [5.41, 5.74) is 1.86. The van der Waals surface area contributed by atoms with Crippen LogP contribution in [0.2, 0.25) is 0 Å². The maximum Gasteiger partial charge on any atom is 0.328 e. The number of hydrazine groups is 1. The van der Waals surface area contributed by atoms with Crippen molar-refractivity contribution in [3.63, 3.8) is 0 Å². The highest BCUT2D eigenvalue weighted by molar-refractivity contribution is 5.98. The second-order valence-corrected chi connectivity index (χ2v) is 2.65. The Kier molecular flexibility index (Phi) is 9.38. The van der Waals surface area contributed by atoms with E-state index >= 15 is 0 Å². The highest BCUT2D eigenvalue weighted by atomic mass is 16.4. The maximum absolute atomic E-state index is 10.5. The Labute approximate surface area is 101 Å². The highest BCUT2D eigenvalue weighted by Crippen LogP contribution is 1.89. The van der Waals surface area contributed by atoms with E-state index < -0.39 is 23.8 Å². The molecule has 0 aliphatic heterocycles. The lowest BCUT2D eigenvalue weighted by Crippen LogP contribution is -2.30. The number of nitrogens with one attached hydrogen (secondary N) is 1. The van der Waals surface area contributed by atoms with Crippen LogP contribution < -0.4 is 11.3 Å². The third kappa shape index (κ3) is 13.3. The van der Waals surface area contributed by atoms with Gasteiger partial charge in [0.15, 0.2) is 0 Å². The summed E-state index contributed by atoms with van der Waals surface area (Å²) in [4.78, 5) is 39.5. The monoisotopic (exact) mass is 260 g/mol. The summed E-state index contributed by atoms with van der Waals surface area (Å²) in [5.74, 6) is 0.441. The van der Waals surface area contributed by atoms with Gasteiger partial charge in [-0.2, -0.15) is 0 Å². The van der Waals surface area contributed by atoms with Gasteiger partial charge in [-0.1, -0.05) is 0 Å². The van der Waals surface area contributed by atoms with Gasteiger partial charge in [0.1, 0.15) is 0 Å². The van der Waals surface area contributed by atoms with Gasteiger partial charge in [0, 0.05) is 23.8 Å². The molecule has 0 bridgehead atoms. The van der Waals surface area contributed by atoms with Crippen molar-refractivity contribution in [3.8, 4) is 0 Å². The number of carboxylic acid groups (broad SMARTS) is 3. The molecule has 0 saturated heterocycles. The van der Waals surface area contributed by atoms with Gasteiger partial charge >= 0.3 is 17.9 Å². The molecular weight excluding hydrogens is 248 g/mol. The number of aliphatic carboxylic acids is 3. The van der Waals surface area contributed by atoms with Gasteiger partial charge in [-0.3, -0.25) is 10.2 Å². The fourth-order valence-corrected chi connectivity index (χ4v) is 0.507. The predicted molar refractivity (Wildman–Crippen MR) is 58.1 cm³/mol. The molecule has 0 aromatic rings. The molecule has 6 N–H and O–H groups in total. The van der Waals surface area contributed by atoms with Crippen LogP contribution in [0, 0.1) is 0 Å². The molecule has 1 amide bonds. The fourth-order valence-electron chi connectivity index (χ4n) is 0.507. The van der Waals surface area contributed by atoms with Crippen molar-refractivity contribution in [2.75, 3.05) is 0 Å². The number of carbonyl (C=O) groups excluding carboxylic acids is 1. The van der Waals surface area contributed by atoms with E-state index in [2.05, 4.69) is 0 Å². The Morgan fingerprint density at radius 2 is 1.33 bits per heavy atom. The maximum atomic E-state index is 10.5. The third-order valence-corrected chi connectivity index (χ3v) is 1.20. The summed E-state index contributed by atoms with van der Waals surface area (Å²) in [5, 5.41) is 23.8. The third-order valence-electron chi connectivity index (χ3n) is 1.20. The summed E-state index contributed by atoms with van der Waals surface area (Å²) in [6.45, 7) is 1.36. The molecule has 0 aliphatic rings. The fraction of sp³-hybridized carbons (Fsp3) is 0.111. The van der Waals surface area contributed by atoms with Gasteiger partial charge in [0.2, 0.25) is 0 Å². The van der Waals surface area contributed by atoms with Crippen molar-refractivity contribution in [1.29, 1.82) is 0 Å². The predicted octanol–water partition coefficient (Wildman–Crippen LogP) is -1.28. The van der Waals surface area contributed by atoms with E-state index in [-0.39, 0.29) is 5.57 Å². The van der Waals surface area contributed by atoms with Gasteiger partial charge < -0.3 is 15.3 Å². The van der Waals surface area contributed by atoms with Crippen molar-refractivity contribution < 1.29 is 34.5 Å². The summed E-state index contributed by atoms with van der Waals surface area (Å²) >= 11 is 0. The van der Waals surface area contributed by atoms with Crippen LogP contribution in [0.4, 0.5) is 0 Å². The SMILES string of the molecule is C/C(=C/C(=O)O)C(=O)NN.O=C(O)/C=C\C(=O)O. The Hall–Kier alpha value is -2.68. The summed E-state index contributed by atoms with van der Waals surface area (Å²) in [6.07, 6.45) is 1.90. The molecule has 0 atom stereocenters. The molecule has 0 spiro atoms. The van der Waals surface area contributed by atoms with Crippen LogP contribution in [-0.4, -0.2) is 39.1 Å². The molecule has 18 heavy (non-hydrogen) atoms. The van der Waals surface area contributed by atoms with Crippen LogP contribution in [0.5, 0.6) is 0 Å². The lowest BCUT2D eigenvalue weighted by atomic mass is 10.3. The zero-order valence-electron chi connectivity index (χ0n) is 9.28. The van der Waals surface area contributed by atoms with Gasteiger partial charge in [0.05, 0.1) is 0 Å². The number of rotatable bonds is 4. The second-order valence-electron chi connectivity index (χ2n) is 2.65. The Bertz CT molecular complexity index is 382. The molecule has 9 heteroatoms. The zero-order valence-corrected chi connectivity index (χ0v) is 9.28. The molecule has 0 aromatic heterocycles. The molecular formula is C9H12N2O7. The van der Waals surface area contributed by atoms with Crippen molar-refractivity contribution in [2.24, 2.45) is 5.84 Å². The van der Waals surface area contributed by atoms with E-state index in [1.165, 1.54) is 6.92 Å². The van der Waals surface area contributed by atoms with Crippen molar-refractivity contribution in [2.45, 2.75) is 6.92 Å². The minimum absolute atomic E-state index is 0.0648. The first-order valence-corrected chi connectivity index (χ1v) is 4.26. The molecule has 9 nitrogen and oxygen atoms in total. The van der Waals surface area contributed by atoms with Crippen LogP contribution in [-0.2, 0) is 19.2 Å². The molecule has 0 heterocycles. The van der Waals surface area contributed by atoms with Crippen molar-refractivity contribution >= 4 is 23.8 Å². The van der Waals surface area contributed by atoms with Crippen molar-refractivity contribution in [1.82, 2.24) is 5.43 Å². The Morgan fingerprint density at radius 1 is 0.944 bits per heavy atom. The molecule has 0 radical (unpaired) electrons. The topological polar surface area (TPSA) is 167 Å². The molecule has 0 unspecified atom stereocenters. The van der Waals surface area contributed by atoms with Gasteiger partial charge in [-0.25, -0.2) is 20.2 Å². The van der Waals surface area contributed by atoms with Gasteiger partial charge in [0.25, 0.3) is 5.91 Å². The first kappa shape index (κ1) is 17.7. The van der Waals surface area contributed by atoms with Crippen LogP contribution in [0.3, 0.4) is 0 Å². The Balaban J connectivity index is 0. The van der Waals surface area contributed by atoms with Crippen LogP contribution in [0.25, 0.3) is 0 Å². The quantitative estimate of drug-likeness (QED) is 0.180. The number of nitrogens with two attached hydrogens (primary N) is 1. The first-order chi connectivity index (χ1) is 8.20. The molecule has 0 fully saturated rings. The molecule has 0 saturated carbocycles. The van der Waals surface area contributed by atoms with E-state index in [4.69, 9.17) is 21.2 Å². The second kappa shape index (κ2) is 9.54. The summed E-state index contributed by atoms with van der Waals surface area (Å²) < 4.78 is 0. The normalized spacial score (nSPS) is 10.2. The standard InChI is InChI=1S/C5H8N2O3.C4H4O4/c1-3(2-4(8)9)5(10)7-6;5-3(6)1-2-4(7)8/h2H,6H2,1H3,(H,7,10)(H,8,9);1-2H,(H,5,6)(H,7,8)/b3-2-;2-1-. The van der Waals surface area contributed by atoms with E-state index in [9.17, 15) is 19.2 Å². The van der Waals surface area contributed by atoms with Crippen LogP contribution >= 0.6 is 0 Å². The van der Waals surface area contributed by atoms with Crippen LogP contribution in [0.1, 0.15) is 6.92 Å². The number of carboxylic acids is 3. The first-order valence-electron chi connectivity index (χ1n) is 4.26. The number of hydrogen-bond acceptors (Lipinski definition) is 5. The number of hydrogen-bond donors (Lipinski definition) is 5. The lowest BCUT2D eigenvalue weighted by molar-refractivity contribution is -0.134. The van der Waals surface area contributed by atoms with E-state index in [1.54, 1.807) is 5.43 Å². The largest absolute Gasteiger partial charge is 0.478 e. The summed E-state index contributed by atoms with van der Waals surface area (Å²) in [6, 6.07) is 0. The lowest BCUT2D eigenvalue weighted by Gasteiger charge is -1.94. The molecule has 100 valence electrons. The van der Waals surface area contributed by atoms with E-state index in [0.717, 1.165) is 6.08 Å². The minimum atomic E-state index is -1.26. The molecule has 0 rings (SSSR count). The molecule has 0 aromatic carbocycles. The highest BCUT2D eigenvalue weighted by Gasteiger charge is 2.01. The number of carbonyl (C=O) groups is 4. The average molecular weight is 260 g/mol. The number of amides is 1. The van der Waals surface area contributed by atoms with E-state index in [1.807, 2.05) is 0 Å². The van der Waals surface area contributed by atoms with Gasteiger partial charge in [-0.15, -0.1) is 0 Å². The molecule has 0 aliphatic carbocycles. The van der Waals surface area contributed by atoms with E-state index in [0.29, 0.717) is 12.2 Å². The van der Waals surface area contributed by atoms with Crippen molar-refractivity contribution in [3.05, 3.63) is 23.8 Å². The summed E-state index contributed by atoms with van der Waals surface area (Å²) in [7, 11) is 0. The Morgan fingerprint density at radius 3 is 1.56 bits per heavy atom. The van der Waals surface area contributed by atoms with Gasteiger partial charge in [-0.05, 0) is 6.92 Å². The zero-order chi connectivity index (χ0) is 14.7. The minimum Gasteiger partial charge on any atom is -0.478 e. The van der Waals surface area contributed by atoms with Crippen LogP contribution in [0.15, 0.2) is 23.8 Å². The average Bonchev–Trinajstić information content (AvgIpc) is 2.25. The smallest absolute Gasteiger partial charge is 0.328 e.